The molecule has 1 heterocycles. The normalized spacial score (nSPS) is 11.3. The van der Waals surface area contributed by atoms with Crippen LogP contribution in [0.1, 0.15) is 32.3 Å². The number of thioether (sulfide) groups is 1. The maximum absolute atomic E-state index is 5.47. The smallest absolute Gasteiger partial charge is 0.204 e. The zero-order valence-electron chi connectivity index (χ0n) is 10.8. The Bertz CT molecular complexity index is 301. The number of hydrogen-bond donors (Lipinski definition) is 0. The zero-order valence-corrected chi connectivity index (χ0v) is 11.6. The van der Waals surface area contributed by atoms with Crippen LogP contribution in [0.25, 0.3) is 0 Å². The van der Waals surface area contributed by atoms with Gasteiger partial charge in [0.25, 0.3) is 0 Å². The summed E-state index contributed by atoms with van der Waals surface area (Å²) in [5.74, 6) is 1.13. The van der Waals surface area contributed by atoms with Gasteiger partial charge in [0.15, 0.2) is 0 Å². The second kappa shape index (κ2) is 8.49. The Morgan fingerprint density at radius 3 is 2.65 bits per heavy atom. The lowest BCUT2D eigenvalue weighted by molar-refractivity contribution is -0.142. The Hall–Kier alpha value is -0.590. The number of hydrogen-bond acceptors (Lipinski definition) is 5. The maximum Gasteiger partial charge on any atom is 0.204 e. The van der Waals surface area contributed by atoms with Crippen molar-refractivity contribution >= 4 is 11.8 Å². The lowest BCUT2D eigenvalue weighted by Crippen LogP contribution is -2.09. The topological polar surface area (TPSA) is 49.2 Å². The molecule has 0 bridgehead atoms. The molecule has 0 unspecified atom stereocenters. The van der Waals surface area contributed by atoms with Gasteiger partial charge in [0.2, 0.25) is 6.29 Å². The summed E-state index contributed by atoms with van der Waals surface area (Å²) in [4.78, 5) is 0. The Kier molecular flexibility index (Phi) is 7.23. The van der Waals surface area contributed by atoms with E-state index in [2.05, 4.69) is 16.6 Å². The van der Waals surface area contributed by atoms with Crippen molar-refractivity contribution in [2.24, 2.45) is 0 Å². The van der Waals surface area contributed by atoms with Crippen LogP contribution in [-0.4, -0.2) is 40.2 Å². The molecule has 6 heteroatoms. The lowest BCUT2D eigenvalue weighted by Gasteiger charge is -2.13. The van der Waals surface area contributed by atoms with Gasteiger partial charge in [-0.25, -0.2) is 0 Å². The third-order valence-electron chi connectivity index (χ3n) is 2.17. The zero-order chi connectivity index (χ0) is 12.5. The Labute approximate surface area is 107 Å². The van der Waals surface area contributed by atoms with Crippen LogP contribution in [0.2, 0.25) is 0 Å². The van der Waals surface area contributed by atoms with Crippen LogP contribution >= 0.6 is 11.8 Å². The molecule has 1 aromatic heterocycles. The fraction of sp³-hybridized carbons (Fsp3) is 0.818. The average molecular weight is 259 g/mol. The minimum absolute atomic E-state index is 0.390. The van der Waals surface area contributed by atoms with Gasteiger partial charge in [0.1, 0.15) is 5.69 Å². The second-order valence-electron chi connectivity index (χ2n) is 3.50. The molecule has 0 aliphatic heterocycles. The molecule has 0 radical (unpaired) electrons. The summed E-state index contributed by atoms with van der Waals surface area (Å²) in [5.41, 5.74) is 0.748. The van der Waals surface area contributed by atoms with E-state index in [1.54, 1.807) is 0 Å². The molecule has 98 valence electrons. The van der Waals surface area contributed by atoms with Crippen LogP contribution < -0.4 is 0 Å². The molecule has 0 atom stereocenters. The fourth-order valence-electron chi connectivity index (χ4n) is 1.42. The highest BCUT2D eigenvalue weighted by atomic mass is 32.2. The van der Waals surface area contributed by atoms with Crippen molar-refractivity contribution in [3.05, 3.63) is 11.9 Å². The van der Waals surface area contributed by atoms with Crippen LogP contribution in [0.15, 0.2) is 6.20 Å². The summed E-state index contributed by atoms with van der Waals surface area (Å²) in [7, 11) is 0. The van der Waals surface area contributed by atoms with Crippen molar-refractivity contribution in [2.45, 2.75) is 33.1 Å². The first-order chi connectivity index (χ1) is 8.31. The first kappa shape index (κ1) is 14.5. The van der Waals surface area contributed by atoms with Gasteiger partial charge >= 0.3 is 0 Å². The molecule has 17 heavy (non-hydrogen) atoms. The highest BCUT2D eigenvalue weighted by Gasteiger charge is 2.15. The standard InChI is InChI=1S/C11H21N3O2S/c1-4-15-11(16-5-2)10-9-14(13-12-10)7-6-8-17-3/h9,11H,4-8H2,1-3H3. The van der Waals surface area contributed by atoms with Gasteiger partial charge in [-0.15, -0.1) is 5.10 Å². The van der Waals surface area contributed by atoms with Gasteiger partial charge in [-0.2, -0.15) is 11.8 Å². The van der Waals surface area contributed by atoms with Gasteiger partial charge in [0, 0.05) is 19.8 Å². The van der Waals surface area contributed by atoms with Crippen LogP contribution in [0, 0.1) is 0 Å². The van der Waals surface area contributed by atoms with Crippen molar-refractivity contribution in [2.75, 3.05) is 25.2 Å². The summed E-state index contributed by atoms with van der Waals surface area (Å²) in [5, 5.41) is 8.16. The van der Waals surface area contributed by atoms with E-state index in [1.165, 1.54) is 0 Å². The molecule has 0 saturated carbocycles. The van der Waals surface area contributed by atoms with Crippen molar-refractivity contribution in [1.29, 1.82) is 0 Å². The molecule has 0 aromatic carbocycles. The van der Waals surface area contributed by atoms with Crippen molar-refractivity contribution in [3.63, 3.8) is 0 Å². The van der Waals surface area contributed by atoms with Crippen molar-refractivity contribution in [1.82, 2.24) is 15.0 Å². The number of aromatic nitrogens is 3. The third-order valence-corrected chi connectivity index (χ3v) is 2.87. The summed E-state index contributed by atoms with van der Waals surface area (Å²) in [6, 6.07) is 0. The fourth-order valence-corrected chi connectivity index (χ4v) is 1.84. The molecule has 1 aromatic rings. The predicted molar refractivity (Wildman–Crippen MR) is 69.0 cm³/mol. The van der Waals surface area contributed by atoms with E-state index in [1.807, 2.05) is 36.5 Å². The molecular formula is C11H21N3O2S. The quantitative estimate of drug-likeness (QED) is 0.502. The van der Waals surface area contributed by atoms with Crippen LogP contribution in [0.3, 0.4) is 0 Å². The number of aryl methyl sites for hydroxylation is 1. The van der Waals surface area contributed by atoms with Gasteiger partial charge in [-0.3, -0.25) is 4.68 Å². The number of nitrogens with zero attached hydrogens (tertiary/aromatic N) is 3. The van der Waals surface area contributed by atoms with E-state index in [-0.39, 0.29) is 6.29 Å². The Balaban J connectivity index is 2.51. The summed E-state index contributed by atoms with van der Waals surface area (Å²) in [6.07, 6.45) is 4.71. The Morgan fingerprint density at radius 2 is 2.06 bits per heavy atom. The molecule has 0 fully saturated rings. The van der Waals surface area contributed by atoms with E-state index in [0.29, 0.717) is 13.2 Å². The van der Waals surface area contributed by atoms with Crippen LogP contribution in [0.4, 0.5) is 0 Å². The molecule has 1 rings (SSSR count). The minimum atomic E-state index is -0.390. The van der Waals surface area contributed by atoms with E-state index in [0.717, 1.165) is 24.4 Å². The molecule has 0 saturated heterocycles. The number of rotatable bonds is 9. The number of ether oxygens (including phenoxy) is 2. The Morgan fingerprint density at radius 1 is 1.35 bits per heavy atom. The molecule has 0 N–H and O–H groups in total. The van der Waals surface area contributed by atoms with Crippen molar-refractivity contribution < 1.29 is 9.47 Å². The molecular weight excluding hydrogens is 238 g/mol. The first-order valence-corrected chi connectivity index (χ1v) is 7.33. The monoisotopic (exact) mass is 259 g/mol. The predicted octanol–water partition coefficient (Wildman–Crippen LogP) is 2.10. The molecule has 0 aliphatic carbocycles. The molecule has 0 spiro atoms. The summed E-state index contributed by atoms with van der Waals surface area (Å²) < 4.78 is 12.8. The third kappa shape index (κ3) is 5.06. The van der Waals surface area contributed by atoms with E-state index in [9.17, 15) is 0 Å². The minimum Gasteiger partial charge on any atom is -0.347 e. The largest absolute Gasteiger partial charge is 0.347 e. The highest BCUT2D eigenvalue weighted by molar-refractivity contribution is 7.98. The van der Waals surface area contributed by atoms with E-state index < -0.39 is 0 Å². The molecule has 0 aliphatic rings. The van der Waals surface area contributed by atoms with Crippen LogP contribution in [-0.2, 0) is 16.0 Å². The summed E-state index contributed by atoms with van der Waals surface area (Å²) in [6.45, 7) is 5.97. The van der Waals surface area contributed by atoms with Gasteiger partial charge in [-0.1, -0.05) is 5.21 Å². The molecule has 0 amide bonds. The van der Waals surface area contributed by atoms with Crippen LogP contribution in [0.5, 0.6) is 0 Å². The maximum atomic E-state index is 5.47. The van der Waals surface area contributed by atoms with Gasteiger partial charge < -0.3 is 9.47 Å². The lowest BCUT2D eigenvalue weighted by atomic mass is 10.4. The average Bonchev–Trinajstić information content (AvgIpc) is 2.78. The van der Waals surface area contributed by atoms with Gasteiger partial charge in [-0.05, 0) is 32.3 Å². The van der Waals surface area contributed by atoms with Gasteiger partial charge in [0.05, 0.1) is 6.20 Å². The highest BCUT2D eigenvalue weighted by Crippen LogP contribution is 2.15. The SMILES string of the molecule is CCOC(OCC)c1cn(CCCSC)nn1. The van der Waals surface area contributed by atoms with Crippen molar-refractivity contribution in [3.8, 4) is 0 Å². The summed E-state index contributed by atoms with van der Waals surface area (Å²) >= 11 is 1.84. The molecule has 5 nitrogen and oxygen atoms in total. The van der Waals surface area contributed by atoms with E-state index >= 15 is 0 Å². The first-order valence-electron chi connectivity index (χ1n) is 5.94. The second-order valence-corrected chi connectivity index (χ2v) is 4.48. The van der Waals surface area contributed by atoms with E-state index in [4.69, 9.17) is 9.47 Å².